The number of rotatable bonds is 7. The van der Waals surface area contributed by atoms with E-state index >= 15 is 0 Å². The lowest BCUT2D eigenvalue weighted by Crippen LogP contribution is -1.98. The topological polar surface area (TPSA) is 56.5 Å². The van der Waals surface area contributed by atoms with Gasteiger partial charge in [0.25, 0.3) is 0 Å². The van der Waals surface area contributed by atoms with Crippen molar-refractivity contribution in [3.05, 3.63) is 433 Å². The molecule has 121 heavy (non-hydrogen) atoms. The summed E-state index contributed by atoms with van der Waals surface area (Å²) < 4.78 is 8.16. The molecule has 0 radical (unpaired) electrons. The minimum atomic E-state index is 0.721. The number of hydrogen-bond donors (Lipinski definition) is 0. The molecule has 0 bridgehead atoms. The van der Waals surface area contributed by atoms with Crippen LogP contribution in [0.1, 0.15) is 22.3 Å². The van der Waals surface area contributed by atoms with Gasteiger partial charge in [-0.15, -0.1) is 22.7 Å². The van der Waals surface area contributed by atoms with Crippen LogP contribution in [0.4, 0.5) is 0 Å². The molecule has 0 aliphatic heterocycles. The van der Waals surface area contributed by atoms with Crippen LogP contribution in [0.3, 0.4) is 0 Å². The fraction of sp³-hybridized carbons (Fsp3) is 0.00885. The molecule has 0 saturated carbocycles. The highest BCUT2D eigenvalue weighted by molar-refractivity contribution is 9.10. The largest absolute Gasteiger partial charge is 0.309 e. The summed E-state index contributed by atoms with van der Waals surface area (Å²) in [5, 5.41) is 22.0. The predicted octanol–water partition coefficient (Wildman–Crippen LogP) is 31.4. The molecule has 0 saturated heterocycles. The number of aromatic nitrogens is 5. The number of benzene rings is 19. The van der Waals surface area contributed by atoms with Gasteiger partial charge in [0.1, 0.15) is 0 Å². The van der Waals surface area contributed by atoms with Crippen molar-refractivity contribution in [2.45, 2.75) is 6.42 Å². The van der Waals surface area contributed by atoms with Crippen LogP contribution >= 0.6 is 38.6 Å². The maximum absolute atomic E-state index is 5.51. The predicted molar refractivity (Wildman–Crippen MR) is 517 cm³/mol. The van der Waals surface area contributed by atoms with Crippen molar-refractivity contribution in [3.8, 4) is 73.2 Å². The summed E-state index contributed by atoms with van der Waals surface area (Å²) in [4.78, 5) is 21.4. The van der Waals surface area contributed by atoms with Gasteiger partial charge in [-0.2, -0.15) is 0 Å². The van der Waals surface area contributed by atoms with E-state index in [9.17, 15) is 0 Å². The maximum Gasteiger partial charge on any atom is 0.161 e. The van der Waals surface area contributed by atoms with E-state index in [0.717, 1.165) is 115 Å². The van der Waals surface area contributed by atoms with Crippen molar-refractivity contribution in [1.29, 1.82) is 0 Å². The Morgan fingerprint density at radius 1 is 0.289 bits per heavy atom. The highest BCUT2D eigenvalue weighted by atomic mass is 79.9. The molecule has 5 nitrogen and oxygen atoms in total. The molecule has 0 atom stereocenters. The molecular weight excluding hydrogens is 1570 g/mol. The Bertz CT molecular complexity index is 8530. The number of thiophene rings is 2. The van der Waals surface area contributed by atoms with E-state index in [4.69, 9.17) is 19.9 Å². The second kappa shape index (κ2) is 28.8. The molecule has 5 aromatic heterocycles. The summed E-state index contributed by atoms with van der Waals surface area (Å²) in [6.07, 6.45) is 6.62. The van der Waals surface area contributed by atoms with Crippen LogP contribution in [-0.4, -0.2) is 24.5 Å². The summed E-state index contributed by atoms with van der Waals surface area (Å²) in [6, 6.07) is 140. The first-order valence-corrected chi connectivity index (χ1v) is 43.4. The number of allylic oxidation sites excluding steroid dienone is 2. The summed E-state index contributed by atoms with van der Waals surface area (Å²) in [5.74, 6) is 1.46. The first-order valence-electron chi connectivity index (χ1n) is 40.9. The Morgan fingerprint density at radius 2 is 0.744 bits per heavy atom. The SMILES string of the molecule is Brc1ccc(-c2nc(-c3ccccc3)c3sc4ccc(-c5ccc6ccccc6c5)cc4c3n2)c2ccccc12.[C+]1=CC2=C(c3ccccc31)c1cc3ccccc3cc1C2.c1ccc(-c2nc(-c3ccc(-n4c5cc6ccccc6cc5c5c6ccccc6ccc54)c4ccccc34)nc3c2sc2ccc(-c4ccc5ccccc5c4)cc23)cc1. The van der Waals surface area contributed by atoms with Crippen molar-refractivity contribution in [1.82, 2.24) is 24.5 Å². The average Bonchev–Trinajstić information content (AvgIpc) is 1.59. The number of halogens is 1. The van der Waals surface area contributed by atoms with E-state index in [0.29, 0.717) is 0 Å². The fourth-order valence-corrected chi connectivity index (χ4v) is 21.4. The first kappa shape index (κ1) is 70.5. The van der Waals surface area contributed by atoms with E-state index in [1.165, 1.54) is 141 Å². The standard InChI is InChI=1S/C56H33N3S.C36H21BrN2S.C21H13/c1-2-14-36(15-3-1)53-55-54(47-32-41(25-29-51(47)60-55)40-23-22-34-12-4-5-16-37(34)30-40)58-56(57-53)45-26-28-48(44-21-11-10-20-43(44)45)59-49-27-24-35-13-8-9-19-42(35)52(49)46-31-38-17-6-7-18-39(38)33-50(46)59;37-31-18-17-29(27-12-6-7-13-28(27)31)36-38-33(23-9-2-1-3-10-23)35-34(39-36)30-21-26(16-19-32(30)40-35)25-15-14-22-8-4-5-11-24(22)20-25;1-2-7-16-13-20-18(11-15(16)6-1)12-17-10-9-14-5-3-4-8-19(14)21(17)20/h1-33H;1-21H;1-8,10-11,13H,12H2/q;;+1. The van der Waals surface area contributed by atoms with E-state index in [-0.39, 0.29) is 0 Å². The smallest absolute Gasteiger partial charge is 0.161 e. The lowest BCUT2D eigenvalue weighted by molar-refractivity contribution is 1.20. The normalized spacial score (nSPS) is 12.3. The van der Waals surface area contributed by atoms with Gasteiger partial charge < -0.3 is 4.57 Å². The van der Waals surface area contributed by atoms with Gasteiger partial charge in [-0.3, -0.25) is 0 Å². The molecule has 2 aliphatic carbocycles. The van der Waals surface area contributed by atoms with Gasteiger partial charge in [0.05, 0.1) is 65.8 Å². The zero-order valence-corrected chi connectivity index (χ0v) is 68.4. The second-order valence-corrected chi connectivity index (χ2v) is 34.4. The molecule has 0 spiro atoms. The second-order valence-electron chi connectivity index (χ2n) is 31.4. The van der Waals surface area contributed by atoms with Crippen molar-refractivity contribution in [3.63, 3.8) is 0 Å². The van der Waals surface area contributed by atoms with Crippen LogP contribution in [-0.2, 0) is 6.42 Å². The van der Waals surface area contributed by atoms with Gasteiger partial charge in [-0.25, -0.2) is 19.9 Å². The minimum absolute atomic E-state index is 0.721. The molecule has 24 aromatic rings. The summed E-state index contributed by atoms with van der Waals surface area (Å²) in [5.41, 5.74) is 24.6. The highest BCUT2D eigenvalue weighted by Crippen LogP contribution is 2.49. The van der Waals surface area contributed by atoms with Gasteiger partial charge in [0.15, 0.2) is 17.2 Å². The third-order valence-electron chi connectivity index (χ3n) is 24.4. The van der Waals surface area contributed by atoms with Gasteiger partial charge in [0.2, 0.25) is 0 Å². The molecule has 19 aromatic carbocycles. The Balaban J connectivity index is 0.000000116. The highest BCUT2D eigenvalue weighted by Gasteiger charge is 2.32. The molecule has 2 aliphatic rings. The van der Waals surface area contributed by atoms with E-state index in [1.54, 1.807) is 22.7 Å². The Hall–Kier alpha value is -14.7. The van der Waals surface area contributed by atoms with Crippen molar-refractivity contribution >= 4 is 182 Å². The van der Waals surface area contributed by atoms with Crippen LogP contribution in [0, 0.1) is 6.08 Å². The quantitative estimate of drug-likeness (QED) is 0.149. The molecule has 0 amide bonds. The Kier molecular flexibility index (Phi) is 16.8. The van der Waals surface area contributed by atoms with Crippen LogP contribution < -0.4 is 0 Å². The number of hydrogen-bond acceptors (Lipinski definition) is 6. The van der Waals surface area contributed by atoms with E-state index < -0.39 is 0 Å². The third kappa shape index (κ3) is 12.0. The van der Waals surface area contributed by atoms with Crippen molar-refractivity contribution in [2.75, 3.05) is 0 Å². The van der Waals surface area contributed by atoms with Crippen LogP contribution in [0.2, 0.25) is 0 Å². The van der Waals surface area contributed by atoms with E-state index in [2.05, 4.69) is 415 Å². The lowest BCUT2D eigenvalue weighted by atomic mass is 9.89. The summed E-state index contributed by atoms with van der Waals surface area (Å²) in [7, 11) is 0. The zero-order chi connectivity index (χ0) is 79.8. The number of nitrogens with zero attached hydrogens (tertiary/aromatic N) is 5. The minimum Gasteiger partial charge on any atom is -0.309 e. The zero-order valence-electron chi connectivity index (χ0n) is 65.2. The van der Waals surface area contributed by atoms with Gasteiger partial charge in [-0.1, -0.05) is 289 Å². The van der Waals surface area contributed by atoms with Crippen molar-refractivity contribution < 1.29 is 0 Å². The maximum atomic E-state index is 5.51. The van der Waals surface area contributed by atoms with Crippen LogP contribution in [0.5, 0.6) is 0 Å². The molecule has 0 fully saturated rings. The van der Waals surface area contributed by atoms with Gasteiger partial charge >= 0.3 is 0 Å². The van der Waals surface area contributed by atoms with Crippen LogP contribution in [0.25, 0.3) is 217 Å². The number of fused-ring (bicyclic) bond motifs is 21. The van der Waals surface area contributed by atoms with Gasteiger partial charge in [-0.05, 0) is 207 Å². The summed E-state index contributed by atoms with van der Waals surface area (Å²) in [6.45, 7) is 0. The molecule has 8 heteroatoms. The fourth-order valence-electron chi connectivity index (χ4n) is 18.6. The molecule has 0 unspecified atom stereocenters. The molecular formula is C113H67BrN5S2+. The lowest BCUT2D eigenvalue weighted by Gasteiger charge is -2.15. The molecule has 26 rings (SSSR count). The Morgan fingerprint density at radius 3 is 1.35 bits per heavy atom. The van der Waals surface area contributed by atoms with E-state index in [1.807, 2.05) is 6.07 Å². The Labute approximate surface area is 713 Å². The van der Waals surface area contributed by atoms with Crippen LogP contribution in [0.15, 0.2) is 404 Å². The van der Waals surface area contributed by atoms with Gasteiger partial charge in [0, 0.05) is 92.8 Å². The first-order chi connectivity index (χ1) is 59.9. The molecule has 0 N–H and O–H groups in total. The monoisotopic (exact) mass is 1640 g/mol. The van der Waals surface area contributed by atoms with Crippen molar-refractivity contribution in [2.24, 2.45) is 0 Å². The molecule has 5 heterocycles. The molecule has 562 valence electrons. The third-order valence-corrected chi connectivity index (χ3v) is 27.5. The summed E-state index contributed by atoms with van der Waals surface area (Å²) >= 11 is 7.27. The average molecular weight is 1640 g/mol.